The van der Waals surface area contributed by atoms with E-state index in [1.807, 2.05) is 30.3 Å². The summed E-state index contributed by atoms with van der Waals surface area (Å²) in [5.41, 5.74) is 2.66. The summed E-state index contributed by atoms with van der Waals surface area (Å²) in [4.78, 5) is 34.7. The normalized spacial score (nSPS) is 12.1. The lowest BCUT2D eigenvalue weighted by Gasteiger charge is -2.19. The van der Waals surface area contributed by atoms with Crippen LogP contribution in [0.2, 0.25) is 0 Å². The second-order valence-electron chi connectivity index (χ2n) is 8.92. The largest absolute Gasteiger partial charge is 0.481 e. The van der Waals surface area contributed by atoms with Gasteiger partial charge in [0.15, 0.2) is 0 Å². The Kier molecular flexibility index (Phi) is 10.1. The van der Waals surface area contributed by atoms with Crippen LogP contribution in [0.15, 0.2) is 54.6 Å². The first-order valence-corrected chi connectivity index (χ1v) is 11.1. The van der Waals surface area contributed by atoms with E-state index in [-0.39, 0.29) is 18.9 Å². The molecule has 0 bridgehead atoms. The number of aliphatic carboxylic acids is 1. The quantitative estimate of drug-likeness (QED) is 0.365. The lowest BCUT2D eigenvalue weighted by atomic mass is 9.98. The molecule has 0 aliphatic carbocycles. The zero-order chi connectivity index (χ0) is 24.3. The van der Waals surface area contributed by atoms with Crippen molar-refractivity contribution in [1.29, 1.82) is 0 Å². The number of rotatable bonds is 12. The van der Waals surface area contributed by atoms with Crippen molar-refractivity contribution >= 4 is 17.9 Å². The average Bonchev–Trinajstić information content (AvgIpc) is 2.77. The lowest BCUT2D eigenvalue weighted by Crippen LogP contribution is -2.33. The monoisotopic (exact) mass is 455 g/mol. The molecule has 0 heterocycles. The fourth-order valence-corrected chi connectivity index (χ4v) is 3.14. The molecule has 0 unspecified atom stereocenters. The third-order valence-electron chi connectivity index (χ3n) is 5.03. The molecule has 0 aliphatic rings. The summed E-state index contributed by atoms with van der Waals surface area (Å²) in [5, 5.41) is 12.1. The van der Waals surface area contributed by atoms with Gasteiger partial charge in [-0.05, 0) is 50.3 Å². The fraction of sp³-hybridized carbons (Fsp3) is 0.423. The molecular formula is C26H33NO6. The molecule has 7 nitrogen and oxygen atoms in total. The SMILES string of the molecule is CC(C)(C)C(=O)OCOC(=O)CC[C@@H](Cc1ccc(-c2ccccc2)cc1)NCCC(=O)O. The maximum Gasteiger partial charge on any atom is 0.314 e. The van der Waals surface area contributed by atoms with Gasteiger partial charge in [-0.25, -0.2) is 0 Å². The van der Waals surface area contributed by atoms with Crippen molar-refractivity contribution in [2.24, 2.45) is 5.41 Å². The second-order valence-corrected chi connectivity index (χ2v) is 8.92. The van der Waals surface area contributed by atoms with Crippen LogP contribution in [-0.2, 0) is 30.3 Å². The molecule has 0 saturated carbocycles. The third kappa shape index (κ3) is 9.87. The molecule has 0 amide bonds. The molecule has 7 heteroatoms. The molecular weight excluding hydrogens is 422 g/mol. The average molecular weight is 456 g/mol. The Hall–Kier alpha value is -3.19. The lowest BCUT2D eigenvalue weighted by molar-refractivity contribution is -0.173. The molecule has 1 atom stereocenters. The second kappa shape index (κ2) is 12.7. The molecule has 2 aromatic rings. The van der Waals surface area contributed by atoms with E-state index in [9.17, 15) is 14.4 Å². The topological polar surface area (TPSA) is 102 Å². The van der Waals surface area contributed by atoms with E-state index < -0.39 is 30.1 Å². The van der Waals surface area contributed by atoms with Crippen LogP contribution in [-0.4, -0.2) is 42.4 Å². The highest BCUT2D eigenvalue weighted by Crippen LogP contribution is 2.20. The first-order chi connectivity index (χ1) is 15.6. The zero-order valence-electron chi connectivity index (χ0n) is 19.5. The van der Waals surface area contributed by atoms with Gasteiger partial charge < -0.3 is 19.9 Å². The Labute approximate surface area is 195 Å². The summed E-state index contributed by atoms with van der Waals surface area (Å²) in [6.45, 7) is 5.05. The van der Waals surface area contributed by atoms with Crippen LogP contribution >= 0.6 is 0 Å². The van der Waals surface area contributed by atoms with Gasteiger partial charge in [0.05, 0.1) is 11.8 Å². The molecule has 2 aromatic carbocycles. The highest BCUT2D eigenvalue weighted by Gasteiger charge is 2.23. The van der Waals surface area contributed by atoms with Crippen molar-refractivity contribution in [1.82, 2.24) is 5.32 Å². The van der Waals surface area contributed by atoms with E-state index in [1.54, 1.807) is 20.8 Å². The summed E-state index contributed by atoms with van der Waals surface area (Å²) >= 11 is 0. The number of carboxylic acid groups (broad SMARTS) is 1. The zero-order valence-corrected chi connectivity index (χ0v) is 19.5. The Bertz CT molecular complexity index is 903. The van der Waals surface area contributed by atoms with Crippen LogP contribution in [0.25, 0.3) is 11.1 Å². The van der Waals surface area contributed by atoms with Crippen molar-refractivity contribution < 1.29 is 29.0 Å². The number of carbonyl (C=O) groups is 3. The van der Waals surface area contributed by atoms with Gasteiger partial charge in [-0.3, -0.25) is 14.4 Å². The maximum atomic E-state index is 12.1. The van der Waals surface area contributed by atoms with Gasteiger partial charge in [0.25, 0.3) is 0 Å². The minimum atomic E-state index is -0.881. The molecule has 2 N–H and O–H groups in total. The van der Waals surface area contributed by atoms with E-state index in [0.29, 0.717) is 19.4 Å². The summed E-state index contributed by atoms with van der Waals surface area (Å²) in [6, 6.07) is 18.2. The van der Waals surface area contributed by atoms with E-state index in [2.05, 4.69) is 29.6 Å². The first-order valence-electron chi connectivity index (χ1n) is 11.1. The summed E-state index contributed by atoms with van der Waals surface area (Å²) in [7, 11) is 0. The molecule has 33 heavy (non-hydrogen) atoms. The van der Waals surface area contributed by atoms with Gasteiger partial charge in [-0.15, -0.1) is 0 Å². The minimum absolute atomic E-state index is 0.00333. The van der Waals surface area contributed by atoms with Gasteiger partial charge in [-0.2, -0.15) is 0 Å². The third-order valence-corrected chi connectivity index (χ3v) is 5.03. The Morgan fingerprint density at radius 1 is 0.909 bits per heavy atom. The minimum Gasteiger partial charge on any atom is -0.481 e. The number of benzene rings is 2. The Morgan fingerprint density at radius 2 is 1.55 bits per heavy atom. The summed E-state index contributed by atoms with van der Waals surface area (Å²) < 4.78 is 9.97. The van der Waals surface area contributed by atoms with E-state index in [4.69, 9.17) is 14.6 Å². The highest BCUT2D eigenvalue weighted by atomic mass is 16.7. The first kappa shape index (κ1) is 26.1. The van der Waals surface area contributed by atoms with Gasteiger partial charge in [0.1, 0.15) is 0 Å². The van der Waals surface area contributed by atoms with Crippen molar-refractivity contribution in [3.63, 3.8) is 0 Å². The van der Waals surface area contributed by atoms with Crippen LogP contribution in [0.4, 0.5) is 0 Å². The molecule has 0 aromatic heterocycles. The molecule has 0 saturated heterocycles. The number of hydrogen-bond donors (Lipinski definition) is 2. The molecule has 0 radical (unpaired) electrons. The predicted octanol–water partition coefficient (Wildman–Crippen LogP) is 4.20. The number of ether oxygens (including phenoxy) is 2. The number of nitrogens with one attached hydrogen (secondary N) is 1. The van der Waals surface area contributed by atoms with Gasteiger partial charge in [0.2, 0.25) is 6.79 Å². The van der Waals surface area contributed by atoms with Crippen LogP contribution in [0.5, 0.6) is 0 Å². The van der Waals surface area contributed by atoms with Crippen molar-refractivity contribution in [3.8, 4) is 11.1 Å². The van der Waals surface area contributed by atoms with Crippen LogP contribution in [0.1, 0.15) is 45.6 Å². The van der Waals surface area contributed by atoms with Crippen molar-refractivity contribution in [2.45, 2.75) is 52.5 Å². The number of hydrogen-bond acceptors (Lipinski definition) is 6. The van der Waals surface area contributed by atoms with Crippen LogP contribution < -0.4 is 5.32 Å². The predicted molar refractivity (Wildman–Crippen MR) is 125 cm³/mol. The standard InChI is InChI=1S/C26H33NO6/c1-26(2,3)25(31)33-18-32-24(30)14-13-22(27-16-15-23(28)29)17-19-9-11-21(12-10-19)20-7-5-4-6-8-20/h4-12,22,27H,13-18H2,1-3H3,(H,28,29)/t22-/m0/s1. The maximum absolute atomic E-state index is 12.1. The van der Waals surface area contributed by atoms with E-state index in [1.165, 1.54) is 0 Å². The molecule has 2 rings (SSSR count). The van der Waals surface area contributed by atoms with Crippen LogP contribution in [0.3, 0.4) is 0 Å². The van der Waals surface area contributed by atoms with E-state index in [0.717, 1.165) is 16.7 Å². The Balaban J connectivity index is 1.89. The van der Waals surface area contributed by atoms with Crippen LogP contribution in [0, 0.1) is 5.41 Å². The molecule has 0 fully saturated rings. The van der Waals surface area contributed by atoms with E-state index >= 15 is 0 Å². The number of esters is 2. The summed E-state index contributed by atoms with van der Waals surface area (Å²) in [6.07, 6.45) is 1.23. The molecule has 0 spiro atoms. The van der Waals surface area contributed by atoms with Crippen molar-refractivity contribution in [3.05, 3.63) is 60.2 Å². The van der Waals surface area contributed by atoms with Crippen molar-refractivity contribution in [2.75, 3.05) is 13.3 Å². The van der Waals surface area contributed by atoms with Gasteiger partial charge in [0, 0.05) is 19.0 Å². The number of carbonyl (C=O) groups excluding carboxylic acids is 2. The molecule has 0 aliphatic heterocycles. The highest BCUT2D eigenvalue weighted by molar-refractivity contribution is 5.75. The van der Waals surface area contributed by atoms with Gasteiger partial charge in [-0.1, -0.05) is 54.6 Å². The number of carboxylic acids is 1. The Morgan fingerprint density at radius 3 is 2.15 bits per heavy atom. The smallest absolute Gasteiger partial charge is 0.314 e. The van der Waals surface area contributed by atoms with Gasteiger partial charge >= 0.3 is 17.9 Å². The molecule has 178 valence electrons. The fourth-order valence-electron chi connectivity index (χ4n) is 3.14. The summed E-state index contributed by atoms with van der Waals surface area (Å²) in [5.74, 6) is -1.79.